The molecule has 12 heteroatoms. The fourth-order valence-electron chi connectivity index (χ4n) is 5.06. The largest absolute Gasteiger partial charge is 0.494 e. The number of anilines is 1. The van der Waals surface area contributed by atoms with Crippen LogP contribution in [-0.4, -0.2) is 46.9 Å². The zero-order valence-electron chi connectivity index (χ0n) is 23.8. The van der Waals surface area contributed by atoms with E-state index in [0.717, 1.165) is 54.6 Å². The zero-order chi connectivity index (χ0) is 29.8. The monoisotopic (exact) mass is 572 g/mol. The van der Waals surface area contributed by atoms with Gasteiger partial charge in [-0.25, -0.2) is 9.37 Å². The number of hydrogen-bond donors (Lipinski definition) is 6. The van der Waals surface area contributed by atoms with Crippen LogP contribution in [0.5, 0.6) is 5.75 Å². The number of allylic oxidation sites excluding steroid dienone is 2. The number of ether oxygens (including phenoxy) is 1. The average Bonchev–Trinajstić information content (AvgIpc) is 3.69. The van der Waals surface area contributed by atoms with Crippen molar-refractivity contribution in [3.63, 3.8) is 0 Å². The van der Waals surface area contributed by atoms with Gasteiger partial charge in [0.2, 0.25) is 0 Å². The quantitative estimate of drug-likeness (QED) is 0.188. The number of nitrogens with two attached hydrogens (primary N) is 4. The Morgan fingerprint density at radius 2 is 1.90 bits per heavy atom. The molecule has 11 nitrogen and oxygen atoms in total. The molecule has 1 aliphatic carbocycles. The van der Waals surface area contributed by atoms with Crippen LogP contribution in [-0.2, 0) is 6.54 Å². The molecule has 0 unspecified atom stereocenters. The lowest BCUT2D eigenvalue weighted by Gasteiger charge is -2.39. The van der Waals surface area contributed by atoms with Gasteiger partial charge in [0.15, 0.2) is 5.83 Å². The maximum absolute atomic E-state index is 13.8. The highest BCUT2D eigenvalue weighted by Crippen LogP contribution is 2.39. The number of pyridine rings is 1. The number of nitrogens with one attached hydrogen (secondary N) is 2. The molecule has 0 amide bonds. The summed E-state index contributed by atoms with van der Waals surface area (Å²) in [4.78, 5) is 6.60. The molecule has 1 aliphatic heterocycles. The van der Waals surface area contributed by atoms with Gasteiger partial charge in [-0.3, -0.25) is 9.58 Å². The third-order valence-corrected chi connectivity index (χ3v) is 7.27. The van der Waals surface area contributed by atoms with E-state index >= 15 is 0 Å². The number of likely N-dealkylation sites (tertiary alicyclic amines) is 1. The molecule has 10 N–H and O–H groups in total. The molecular formula is C30H37FN10O. The van der Waals surface area contributed by atoms with E-state index in [2.05, 4.69) is 25.6 Å². The molecule has 2 aliphatic rings. The van der Waals surface area contributed by atoms with Crippen LogP contribution >= 0.6 is 0 Å². The molecule has 1 aromatic carbocycles. The van der Waals surface area contributed by atoms with E-state index in [9.17, 15) is 4.39 Å². The molecular weight excluding hydrogens is 535 g/mol. The number of rotatable bonds is 11. The fourth-order valence-corrected chi connectivity index (χ4v) is 5.06. The molecule has 5 rings (SSSR count). The molecule has 42 heavy (non-hydrogen) atoms. The first-order chi connectivity index (χ1) is 20.3. The van der Waals surface area contributed by atoms with Gasteiger partial charge >= 0.3 is 0 Å². The maximum Gasteiger partial charge on any atom is 0.164 e. The second-order valence-electron chi connectivity index (χ2n) is 10.3. The first-order valence-corrected chi connectivity index (χ1v) is 13.7. The second kappa shape index (κ2) is 12.3. The molecule has 0 bridgehead atoms. The van der Waals surface area contributed by atoms with Gasteiger partial charge in [0.1, 0.15) is 11.4 Å². The smallest absolute Gasteiger partial charge is 0.164 e. The fraction of sp³-hybridized carbons (Fsp3) is 0.267. The van der Waals surface area contributed by atoms with Crippen LogP contribution in [0, 0.1) is 0 Å². The van der Waals surface area contributed by atoms with Crippen LogP contribution in [0.15, 0.2) is 89.6 Å². The van der Waals surface area contributed by atoms with Gasteiger partial charge in [0.25, 0.3) is 0 Å². The van der Waals surface area contributed by atoms with Gasteiger partial charge in [-0.15, -0.1) is 0 Å². The van der Waals surface area contributed by atoms with Crippen molar-refractivity contribution in [1.82, 2.24) is 25.0 Å². The van der Waals surface area contributed by atoms with E-state index in [0.29, 0.717) is 29.4 Å². The van der Waals surface area contributed by atoms with Gasteiger partial charge < -0.3 is 38.3 Å². The zero-order valence-corrected chi connectivity index (χ0v) is 23.8. The SMILES string of the molecule is CNC(=C1CC1)/C(N)=C(/C=C(N)N)Nc1cccc(-c2cnn(C3CN(Cc4cccc(/C(F)=C\N)n4)C3)c2)c1OC. The molecule has 2 fully saturated rings. The van der Waals surface area contributed by atoms with E-state index < -0.39 is 5.83 Å². The summed E-state index contributed by atoms with van der Waals surface area (Å²) in [5.41, 5.74) is 30.3. The third kappa shape index (κ3) is 6.18. The number of para-hydroxylation sites is 1. The van der Waals surface area contributed by atoms with Gasteiger partial charge in [0.05, 0.1) is 53.6 Å². The normalized spacial score (nSPS) is 15.9. The van der Waals surface area contributed by atoms with E-state index in [-0.39, 0.29) is 17.6 Å². The molecule has 0 spiro atoms. The number of methoxy groups -OCH3 is 1. The lowest BCUT2D eigenvalue weighted by Crippen LogP contribution is -2.47. The van der Waals surface area contributed by atoms with Crippen LogP contribution in [0.4, 0.5) is 10.1 Å². The van der Waals surface area contributed by atoms with Crippen LogP contribution in [0.1, 0.15) is 30.3 Å². The summed E-state index contributed by atoms with van der Waals surface area (Å²) >= 11 is 0. The lowest BCUT2D eigenvalue weighted by molar-refractivity contribution is 0.0896. The van der Waals surface area contributed by atoms with E-state index in [1.807, 2.05) is 48.4 Å². The summed E-state index contributed by atoms with van der Waals surface area (Å²) in [5, 5.41) is 11.2. The van der Waals surface area contributed by atoms with Crippen molar-refractivity contribution in [1.29, 1.82) is 0 Å². The minimum Gasteiger partial charge on any atom is -0.494 e. The first-order valence-electron chi connectivity index (χ1n) is 13.7. The highest BCUT2D eigenvalue weighted by Gasteiger charge is 2.29. The molecule has 220 valence electrons. The van der Waals surface area contributed by atoms with Crippen molar-refractivity contribution in [3.05, 3.63) is 101 Å². The lowest BCUT2D eigenvalue weighted by atomic mass is 10.1. The Morgan fingerprint density at radius 3 is 2.57 bits per heavy atom. The summed E-state index contributed by atoms with van der Waals surface area (Å²) in [5.74, 6) is 0.230. The number of likely N-dealkylation sites (N-methyl/N-ethyl adjacent to an activating group) is 1. The predicted molar refractivity (Wildman–Crippen MR) is 163 cm³/mol. The number of hydrogen-bond acceptors (Lipinski definition) is 10. The average molecular weight is 573 g/mol. The summed E-state index contributed by atoms with van der Waals surface area (Å²) in [7, 11) is 3.47. The Hall–Kier alpha value is -4.97. The second-order valence-corrected chi connectivity index (χ2v) is 10.3. The van der Waals surface area contributed by atoms with Crippen LogP contribution in [0.3, 0.4) is 0 Å². The maximum atomic E-state index is 13.8. The Kier molecular flexibility index (Phi) is 8.34. The van der Waals surface area contributed by atoms with Crippen molar-refractivity contribution in [2.24, 2.45) is 22.9 Å². The molecule has 0 atom stereocenters. The first kappa shape index (κ1) is 28.6. The highest BCUT2D eigenvalue weighted by molar-refractivity contribution is 5.79. The van der Waals surface area contributed by atoms with Gasteiger partial charge in [0, 0.05) is 56.3 Å². The van der Waals surface area contributed by atoms with Crippen LogP contribution < -0.4 is 38.3 Å². The Balaban J connectivity index is 1.32. The third-order valence-electron chi connectivity index (χ3n) is 7.27. The molecule has 1 saturated heterocycles. The topological polar surface area (TPSA) is 171 Å². The Morgan fingerprint density at radius 1 is 1.14 bits per heavy atom. The van der Waals surface area contributed by atoms with Crippen LogP contribution in [0.2, 0.25) is 0 Å². The minimum atomic E-state index is -0.536. The van der Waals surface area contributed by atoms with Gasteiger partial charge in [-0.2, -0.15) is 5.10 Å². The highest BCUT2D eigenvalue weighted by atomic mass is 19.1. The van der Waals surface area contributed by atoms with Crippen molar-refractivity contribution in [2.75, 3.05) is 32.6 Å². The Bertz CT molecular complexity index is 1570. The van der Waals surface area contributed by atoms with Crippen molar-refractivity contribution >= 4 is 11.5 Å². The van der Waals surface area contributed by atoms with Gasteiger partial charge in [-0.05, 0) is 36.6 Å². The standard InChI is InChI=1S/C30H37FN10O/c1-36-29(18-9-10-18)28(35)26(11-27(33)34)39-25-8-4-6-22(30(25)42-2)19-13-37-41(14-19)21-16-40(17-21)15-20-5-3-7-24(38-20)23(31)12-32/h3-8,11-14,21,36,39H,9-10,15-17,32-35H2,1-2H3/b23-12+,28-26+. The summed E-state index contributed by atoms with van der Waals surface area (Å²) in [6, 6.07) is 11.3. The summed E-state index contributed by atoms with van der Waals surface area (Å²) in [6.45, 7) is 2.21. The van der Waals surface area contributed by atoms with E-state index in [4.69, 9.17) is 27.7 Å². The molecule has 1 saturated carbocycles. The van der Waals surface area contributed by atoms with Crippen LogP contribution in [0.25, 0.3) is 17.0 Å². The van der Waals surface area contributed by atoms with Crippen molar-refractivity contribution < 1.29 is 9.13 Å². The number of nitrogens with zero attached hydrogens (tertiary/aromatic N) is 4. The Labute approximate surface area is 244 Å². The summed E-state index contributed by atoms with van der Waals surface area (Å²) < 4.78 is 21.6. The molecule has 3 heterocycles. The number of benzene rings is 1. The number of aromatic nitrogens is 3. The van der Waals surface area contributed by atoms with Gasteiger partial charge in [-0.1, -0.05) is 18.2 Å². The van der Waals surface area contributed by atoms with Crippen molar-refractivity contribution in [3.8, 4) is 16.9 Å². The summed E-state index contributed by atoms with van der Waals surface area (Å²) in [6.07, 6.45) is 8.39. The minimum absolute atomic E-state index is 0.130. The molecule has 2 aromatic heterocycles. The molecule has 0 radical (unpaired) electrons. The van der Waals surface area contributed by atoms with E-state index in [1.165, 1.54) is 5.57 Å². The predicted octanol–water partition coefficient (Wildman–Crippen LogP) is 2.85. The van der Waals surface area contributed by atoms with Crippen molar-refractivity contribution in [2.45, 2.75) is 25.4 Å². The molecule has 3 aromatic rings. The number of halogens is 1. The van der Waals surface area contributed by atoms with E-state index in [1.54, 1.807) is 25.3 Å².